The average Bonchev–Trinajstić information content (AvgIpc) is 2.63. The van der Waals surface area contributed by atoms with Gasteiger partial charge in [-0.05, 0) is 69.2 Å². The van der Waals surface area contributed by atoms with Crippen LogP contribution < -0.4 is 4.74 Å². The fraction of sp³-hybridized carbons (Fsp3) is 0.565. The zero-order valence-electron chi connectivity index (χ0n) is 16.7. The molecule has 2 aliphatic rings. The topological polar surface area (TPSA) is 83.8 Å². The third-order valence-corrected chi connectivity index (χ3v) is 6.15. The number of carboxylic acid groups (broad SMARTS) is 1. The number of hydrogen-bond acceptors (Lipinski definition) is 4. The summed E-state index contributed by atoms with van der Waals surface area (Å²) in [6.45, 7) is 4.17. The fourth-order valence-electron chi connectivity index (χ4n) is 4.68. The summed E-state index contributed by atoms with van der Waals surface area (Å²) in [5, 5.41) is 19.4. The van der Waals surface area contributed by atoms with Gasteiger partial charge in [-0.3, -0.25) is 9.59 Å². The average molecular weight is 386 g/mol. The molecule has 0 aromatic heterocycles. The highest BCUT2D eigenvalue weighted by Gasteiger charge is 2.46. The van der Waals surface area contributed by atoms with E-state index < -0.39 is 5.97 Å². The first-order valence-corrected chi connectivity index (χ1v) is 10.2. The molecule has 0 spiro atoms. The second-order valence-electron chi connectivity index (χ2n) is 8.59. The van der Waals surface area contributed by atoms with Gasteiger partial charge in [0.05, 0.1) is 0 Å². The van der Waals surface area contributed by atoms with Crippen LogP contribution in [0.4, 0.5) is 0 Å². The van der Waals surface area contributed by atoms with Crippen LogP contribution in [0.1, 0.15) is 75.8 Å². The van der Waals surface area contributed by atoms with Crippen molar-refractivity contribution in [1.82, 2.24) is 0 Å². The third kappa shape index (κ3) is 4.40. The van der Waals surface area contributed by atoms with Gasteiger partial charge in [0.2, 0.25) is 0 Å². The van der Waals surface area contributed by atoms with Crippen LogP contribution in [0.3, 0.4) is 0 Å². The van der Waals surface area contributed by atoms with E-state index in [0.717, 1.165) is 60.8 Å². The summed E-state index contributed by atoms with van der Waals surface area (Å²) < 4.78 is 6.31. The van der Waals surface area contributed by atoms with E-state index in [1.165, 1.54) is 0 Å². The maximum atomic E-state index is 11.3. The molecule has 2 unspecified atom stereocenters. The predicted molar refractivity (Wildman–Crippen MR) is 107 cm³/mol. The number of rotatable bonds is 8. The van der Waals surface area contributed by atoms with Crippen molar-refractivity contribution in [1.29, 1.82) is 0 Å². The molecule has 28 heavy (non-hydrogen) atoms. The Labute approximate surface area is 166 Å². The van der Waals surface area contributed by atoms with E-state index in [4.69, 9.17) is 9.84 Å². The maximum Gasteiger partial charge on any atom is 0.303 e. The van der Waals surface area contributed by atoms with Gasteiger partial charge in [-0.25, -0.2) is 0 Å². The van der Waals surface area contributed by atoms with Gasteiger partial charge in [-0.2, -0.15) is 0 Å². The molecule has 0 radical (unpaired) electrons. The maximum absolute atomic E-state index is 11.3. The number of aryl methyl sites for hydroxylation is 1. The number of hydrogen-bond donors (Lipinski definition) is 2. The molecule has 5 nitrogen and oxygen atoms in total. The lowest BCUT2D eigenvalue weighted by Gasteiger charge is -2.46. The minimum Gasteiger partial charge on any atom is -0.508 e. The number of aromatic hydroxyl groups is 1. The zero-order valence-corrected chi connectivity index (χ0v) is 16.7. The van der Waals surface area contributed by atoms with Gasteiger partial charge in [0.15, 0.2) is 0 Å². The smallest absolute Gasteiger partial charge is 0.303 e. The quantitative estimate of drug-likeness (QED) is 0.497. The lowest BCUT2D eigenvalue weighted by Crippen LogP contribution is -2.45. The predicted octanol–water partition coefficient (Wildman–Crippen LogP) is 4.76. The summed E-state index contributed by atoms with van der Waals surface area (Å²) in [5.74, 6) is 0.576. The van der Waals surface area contributed by atoms with E-state index in [1.54, 1.807) is 0 Å². The van der Waals surface area contributed by atoms with Crippen LogP contribution >= 0.6 is 0 Å². The molecule has 3 rings (SSSR count). The lowest BCUT2D eigenvalue weighted by molar-refractivity contribution is -0.137. The SMILES string of the molecule is CC1(C)Oc2cc(CCCCCCC(=O)O)cc(O)c2C2CC(C=O)=CCC21. The molecular formula is C23H30O5. The third-order valence-electron chi connectivity index (χ3n) is 6.15. The number of fused-ring (bicyclic) bond motifs is 3. The van der Waals surface area contributed by atoms with Gasteiger partial charge in [0.25, 0.3) is 0 Å². The molecule has 1 aromatic rings. The highest BCUT2D eigenvalue weighted by Crippen LogP contribution is 2.54. The number of unbranched alkanes of at least 4 members (excludes halogenated alkanes) is 3. The number of benzene rings is 1. The van der Waals surface area contributed by atoms with E-state index in [1.807, 2.05) is 18.2 Å². The van der Waals surface area contributed by atoms with Crippen LogP contribution in [0.15, 0.2) is 23.8 Å². The van der Waals surface area contributed by atoms with Crippen molar-refractivity contribution in [2.75, 3.05) is 0 Å². The lowest BCUT2D eigenvalue weighted by atomic mass is 9.67. The number of aldehydes is 1. The molecule has 0 saturated heterocycles. The summed E-state index contributed by atoms with van der Waals surface area (Å²) >= 11 is 0. The Hall–Kier alpha value is -2.30. The van der Waals surface area contributed by atoms with Crippen LogP contribution in [0.2, 0.25) is 0 Å². The van der Waals surface area contributed by atoms with E-state index in [9.17, 15) is 14.7 Å². The van der Waals surface area contributed by atoms with E-state index in [-0.39, 0.29) is 29.6 Å². The summed E-state index contributed by atoms with van der Waals surface area (Å²) in [5.41, 5.74) is 2.31. The van der Waals surface area contributed by atoms with Crippen LogP contribution in [0, 0.1) is 5.92 Å². The standard InChI is InChI=1S/C23H30O5/c1-23(2)18-10-9-16(14-24)11-17(18)22-19(25)12-15(13-20(22)28-23)7-5-3-4-6-8-21(26)27/h9,12-14,17-18,25H,3-8,10-11H2,1-2H3,(H,26,27). The van der Waals surface area contributed by atoms with Gasteiger partial charge in [-0.15, -0.1) is 0 Å². The number of allylic oxidation sites excluding steroid dienone is 2. The summed E-state index contributed by atoms with van der Waals surface area (Å²) in [4.78, 5) is 21.8. The molecule has 1 aliphatic carbocycles. The van der Waals surface area contributed by atoms with Crippen molar-refractivity contribution < 1.29 is 24.5 Å². The first-order chi connectivity index (χ1) is 13.3. The molecule has 0 amide bonds. The normalized spacial score (nSPS) is 22.4. The molecule has 2 atom stereocenters. The number of carbonyl (C=O) groups excluding carboxylic acids is 1. The Kier molecular flexibility index (Phi) is 6.11. The Morgan fingerprint density at radius 3 is 2.71 bits per heavy atom. The summed E-state index contributed by atoms with van der Waals surface area (Å²) in [6.07, 6.45) is 8.92. The Morgan fingerprint density at radius 2 is 2.00 bits per heavy atom. The van der Waals surface area contributed by atoms with Gasteiger partial charge in [0, 0.05) is 23.8 Å². The first-order valence-electron chi connectivity index (χ1n) is 10.2. The molecule has 0 bridgehead atoms. The number of phenolic OH excluding ortho intramolecular Hbond substituents is 1. The second kappa shape index (κ2) is 8.38. The van der Waals surface area contributed by atoms with Crippen molar-refractivity contribution in [3.63, 3.8) is 0 Å². The number of carboxylic acids is 1. The Balaban J connectivity index is 1.72. The molecule has 0 saturated carbocycles. The number of phenols is 1. The first kappa shape index (κ1) is 20.4. The monoisotopic (exact) mass is 386 g/mol. The van der Waals surface area contributed by atoms with E-state index in [0.29, 0.717) is 12.8 Å². The summed E-state index contributed by atoms with van der Waals surface area (Å²) in [7, 11) is 0. The molecule has 2 N–H and O–H groups in total. The van der Waals surface area contributed by atoms with Crippen molar-refractivity contribution in [2.45, 2.75) is 76.7 Å². The molecule has 5 heteroatoms. The van der Waals surface area contributed by atoms with Crippen molar-refractivity contribution in [3.05, 3.63) is 34.9 Å². The molecule has 152 valence electrons. The van der Waals surface area contributed by atoms with E-state index >= 15 is 0 Å². The van der Waals surface area contributed by atoms with Gasteiger partial charge >= 0.3 is 5.97 Å². The van der Waals surface area contributed by atoms with Crippen molar-refractivity contribution in [3.8, 4) is 11.5 Å². The summed E-state index contributed by atoms with van der Waals surface area (Å²) in [6, 6.07) is 3.86. The molecule has 0 fully saturated rings. The van der Waals surface area contributed by atoms with Gasteiger partial charge in [-0.1, -0.05) is 18.9 Å². The van der Waals surface area contributed by atoms with E-state index in [2.05, 4.69) is 13.8 Å². The van der Waals surface area contributed by atoms with Crippen molar-refractivity contribution in [2.24, 2.45) is 5.92 Å². The van der Waals surface area contributed by atoms with Crippen LogP contribution in [-0.4, -0.2) is 28.1 Å². The fourth-order valence-corrected chi connectivity index (χ4v) is 4.68. The largest absolute Gasteiger partial charge is 0.508 e. The Morgan fingerprint density at radius 1 is 1.25 bits per heavy atom. The minimum absolute atomic E-state index is 0.0917. The molecular weight excluding hydrogens is 356 g/mol. The highest BCUT2D eigenvalue weighted by atomic mass is 16.5. The van der Waals surface area contributed by atoms with Crippen LogP contribution in [0.25, 0.3) is 0 Å². The zero-order chi connectivity index (χ0) is 20.3. The number of ether oxygens (including phenoxy) is 1. The highest BCUT2D eigenvalue weighted by molar-refractivity contribution is 5.74. The van der Waals surface area contributed by atoms with Gasteiger partial charge < -0.3 is 14.9 Å². The number of aliphatic carboxylic acids is 1. The molecule has 1 aromatic carbocycles. The van der Waals surface area contributed by atoms with Crippen LogP contribution in [-0.2, 0) is 16.0 Å². The molecule has 1 heterocycles. The number of carbonyl (C=O) groups is 2. The molecule has 1 aliphatic heterocycles. The Bertz CT molecular complexity index is 777. The van der Waals surface area contributed by atoms with Crippen molar-refractivity contribution >= 4 is 12.3 Å². The van der Waals surface area contributed by atoms with Crippen LogP contribution in [0.5, 0.6) is 11.5 Å². The second-order valence-corrected chi connectivity index (χ2v) is 8.59. The van der Waals surface area contributed by atoms with Gasteiger partial charge in [0.1, 0.15) is 23.4 Å². The minimum atomic E-state index is -0.743.